The molecule has 0 heterocycles. The van der Waals surface area contributed by atoms with Crippen LogP contribution in [-0.2, 0) is 6.42 Å². The molecule has 0 saturated carbocycles. The summed E-state index contributed by atoms with van der Waals surface area (Å²) in [6, 6.07) is 7.53. The topological polar surface area (TPSA) is 34.0 Å². The summed E-state index contributed by atoms with van der Waals surface area (Å²) in [5, 5.41) is 7.29. The molecule has 0 fully saturated rings. The Bertz CT molecular complexity index is 838. The second-order valence-electron chi connectivity index (χ2n) is 6.74. The minimum atomic E-state index is -4.77. The van der Waals surface area contributed by atoms with E-state index in [2.05, 4.69) is 21.9 Å². The van der Waals surface area contributed by atoms with Gasteiger partial charge in [0.05, 0.1) is 18.0 Å². The maximum Gasteiger partial charge on any atom is 0.573 e. The maximum atomic E-state index is 14.2. The fourth-order valence-corrected chi connectivity index (χ4v) is 2.78. The Hall–Kier alpha value is -2.77. The van der Waals surface area contributed by atoms with E-state index < -0.39 is 18.0 Å². The molecular weight excluding hydrogens is 403 g/mol. The van der Waals surface area contributed by atoms with Crippen LogP contribution in [0.25, 0.3) is 0 Å². The van der Waals surface area contributed by atoms with Crippen molar-refractivity contribution in [2.75, 3.05) is 0 Å². The lowest BCUT2D eigenvalue weighted by Gasteiger charge is -2.08. The zero-order valence-electron chi connectivity index (χ0n) is 16.6. The zero-order valence-corrected chi connectivity index (χ0v) is 16.6. The fourth-order valence-electron chi connectivity index (χ4n) is 2.78. The van der Waals surface area contributed by atoms with Crippen LogP contribution in [0.2, 0.25) is 0 Å². The summed E-state index contributed by atoms with van der Waals surface area (Å²) >= 11 is 0. The smallest absolute Gasteiger partial charge is 0.406 e. The Morgan fingerprint density at radius 1 is 0.867 bits per heavy atom. The lowest BCUT2D eigenvalue weighted by molar-refractivity contribution is -0.274. The first-order valence-electron chi connectivity index (χ1n) is 9.68. The highest BCUT2D eigenvalue weighted by atomic mass is 19.4. The van der Waals surface area contributed by atoms with Crippen molar-refractivity contribution in [1.82, 2.24) is 0 Å². The summed E-state index contributed by atoms with van der Waals surface area (Å²) < 4.78 is 68.5. The largest absolute Gasteiger partial charge is 0.573 e. The number of benzene rings is 2. The number of halogens is 5. The van der Waals surface area contributed by atoms with Crippen molar-refractivity contribution < 1.29 is 26.7 Å². The first-order valence-corrected chi connectivity index (χ1v) is 9.68. The average Bonchev–Trinajstić information content (AvgIpc) is 2.67. The number of hydrogen-bond acceptors (Lipinski definition) is 3. The zero-order chi connectivity index (χ0) is 22.0. The molecule has 0 spiro atoms. The van der Waals surface area contributed by atoms with Crippen molar-refractivity contribution in [3.63, 3.8) is 0 Å². The van der Waals surface area contributed by atoms with E-state index >= 15 is 0 Å². The van der Waals surface area contributed by atoms with Gasteiger partial charge in [-0.15, -0.1) is 13.2 Å². The summed E-state index contributed by atoms with van der Waals surface area (Å²) in [5.41, 5.74) is 0.750. The third kappa shape index (κ3) is 8.31. The molecule has 0 aromatic heterocycles. The molecule has 0 amide bonds. The highest BCUT2D eigenvalue weighted by Gasteiger charge is 2.30. The summed E-state index contributed by atoms with van der Waals surface area (Å²) in [6.45, 7) is 2.12. The molecule has 8 heteroatoms. The SMILES string of the molecule is CCCCCCCc1cc(F)c(C=NN=Cc2ccc(OC(F)(F)F)cc2)c(F)c1. The Morgan fingerprint density at radius 2 is 1.47 bits per heavy atom. The number of aryl methyl sites for hydroxylation is 1. The second-order valence-corrected chi connectivity index (χ2v) is 6.74. The molecule has 0 bridgehead atoms. The molecule has 0 N–H and O–H groups in total. The molecule has 2 rings (SSSR count). The Morgan fingerprint density at radius 3 is 2.07 bits per heavy atom. The van der Waals surface area contributed by atoms with Gasteiger partial charge in [0, 0.05) is 0 Å². The summed E-state index contributed by atoms with van der Waals surface area (Å²) in [7, 11) is 0. The predicted molar refractivity (Wildman–Crippen MR) is 107 cm³/mol. The van der Waals surface area contributed by atoms with E-state index in [1.165, 1.54) is 30.5 Å². The molecule has 0 saturated heterocycles. The molecule has 2 aromatic carbocycles. The second kappa shape index (κ2) is 11.4. The molecule has 3 nitrogen and oxygen atoms in total. The van der Waals surface area contributed by atoms with Gasteiger partial charge >= 0.3 is 6.36 Å². The Labute approximate surface area is 172 Å². The van der Waals surface area contributed by atoms with Gasteiger partial charge in [-0.25, -0.2) is 8.78 Å². The molecule has 30 heavy (non-hydrogen) atoms. The van der Waals surface area contributed by atoms with Gasteiger partial charge in [-0.1, -0.05) is 32.6 Å². The van der Waals surface area contributed by atoms with E-state index in [9.17, 15) is 22.0 Å². The normalized spacial score (nSPS) is 12.2. The van der Waals surface area contributed by atoms with Crippen molar-refractivity contribution in [1.29, 1.82) is 0 Å². The van der Waals surface area contributed by atoms with Gasteiger partial charge in [0.2, 0.25) is 0 Å². The van der Waals surface area contributed by atoms with Gasteiger partial charge in [-0.2, -0.15) is 10.2 Å². The average molecular weight is 426 g/mol. The number of alkyl halides is 3. The molecule has 2 aromatic rings. The molecule has 0 atom stereocenters. The number of nitrogens with zero attached hydrogens (tertiary/aromatic N) is 2. The van der Waals surface area contributed by atoms with Crippen LogP contribution in [0.1, 0.15) is 55.7 Å². The molecule has 0 aliphatic heterocycles. The van der Waals surface area contributed by atoms with Crippen LogP contribution in [-0.4, -0.2) is 18.8 Å². The minimum Gasteiger partial charge on any atom is -0.406 e. The molecule has 0 aliphatic rings. The molecule has 0 unspecified atom stereocenters. The first-order chi connectivity index (χ1) is 14.3. The third-order valence-corrected chi connectivity index (χ3v) is 4.28. The standard InChI is InChI=1S/C22H23F5N2O/c1-2-3-4-5-6-7-17-12-20(23)19(21(24)13-17)15-29-28-14-16-8-10-18(11-9-16)30-22(25,26)27/h8-15H,2-7H2,1H3. The van der Waals surface area contributed by atoms with E-state index in [4.69, 9.17) is 0 Å². The Kier molecular flexibility index (Phi) is 8.95. The van der Waals surface area contributed by atoms with Crippen LogP contribution in [0.15, 0.2) is 46.6 Å². The maximum absolute atomic E-state index is 14.2. The van der Waals surface area contributed by atoms with E-state index in [0.717, 1.165) is 50.5 Å². The van der Waals surface area contributed by atoms with Crippen molar-refractivity contribution >= 4 is 12.4 Å². The molecule has 0 radical (unpaired) electrons. The number of ether oxygens (including phenoxy) is 1. The first kappa shape index (κ1) is 23.5. The fraction of sp³-hybridized carbons (Fsp3) is 0.364. The highest BCUT2D eigenvalue weighted by molar-refractivity contribution is 5.83. The van der Waals surface area contributed by atoms with Crippen molar-refractivity contribution in [3.05, 3.63) is 64.7 Å². The number of hydrogen-bond donors (Lipinski definition) is 0. The van der Waals surface area contributed by atoms with Crippen molar-refractivity contribution in [2.45, 2.75) is 51.8 Å². The lowest BCUT2D eigenvalue weighted by Crippen LogP contribution is -2.16. The van der Waals surface area contributed by atoms with Gasteiger partial charge in [-0.05, 0) is 60.4 Å². The van der Waals surface area contributed by atoms with Gasteiger partial charge in [0.25, 0.3) is 0 Å². The van der Waals surface area contributed by atoms with Gasteiger partial charge in [0.1, 0.15) is 17.4 Å². The number of rotatable bonds is 10. The van der Waals surface area contributed by atoms with E-state index in [0.29, 0.717) is 17.5 Å². The summed E-state index contributed by atoms with van der Waals surface area (Å²) in [6.07, 6.45) is 3.37. The summed E-state index contributed by atoms with van der Waals surface area (Å²) in [4.78, 5) is 0. The van der Waals surface area contributed by atoms with Crippen LogP contribution in [0.4, 0.5) is 22.0 Å². The minimum absolute atomic E-state index is 0.296. The summed E-state index contributed by atoms with van der Waals surface area (Å²) in [5.74, 6) is -1.80. The quantitative estimate of drug-likeness (QED) is 0.177. The van der Waals surface area contributed by atoms with Crippen molar-refractivity contribution in [2.24, 2.45) is 10.2 Å². The highest BCUT2D eigenvalue weighted by Crippen LogP contribution is 2.22. The van der Waals surface area contributed by atoms with Gasteiger partial charge in [-0.3, -0.25) is 0 Å². The van der Waals surface area contributed by atoms with E-state index in [1.54, 1.807) is 0 Å². The molecule has 162 valence electrons. The van der Waals surface area contributed by atoms with Crippen LogP contribution < -0.4 is 4.74 Å². The van der Waals surface area contributed by atoms with E-state index in [-0.39, 0.29) is 11.3 Å². The van der Waals surface area contributed by atoms with Crippen LogP contribution in [0, 0.1) is 11.6 Å². The number of unbranched alkanes of at least 4 members (excludes halogenated alkanes) is 4. The van der Waals surface area contributed by atoms with Gasteiger partial charge < -0.3 is 4.74 Å². The van der Waals surface area contributed by atoms with Crippen LogP contribution in [0.3, 0.4) is 0 Å². The van der Waals surface area contributed by atoms with Crippen LogP contribution in [0.5, 0.6) is 5.75 Å². The predicted octanol–water partition coefficient (Wildman–Crippen LogP) is 6.83. The van der Waals surface area contributed by atoms with Gasteiger partial charge in [0.15, 0.2) is 0 Å². The Balaban J connectivity index is 1.93. The monoisotopic (exact) mass is 426 g/mol. The van der Waals surface area contributed by atoms with E-state index in [1.807, 2.05) is 0 Å². The van der Waals surface area contributed by atoms with Crippen LogP contribution >= 0.6 is 0 Å². The molecular formula is C22H23F5N2O. The third-order valence-electron chi connectivity index (χ3n) is 4.28. The van der Waals surface area contributed by atoms with Crippen molar-refractivity contribution in [3.8, 4) is 5.75 Å². The molecule has 0 aliphatic carbocycles. The lowest BCUT2D eigenvalue weighted by atomic mass is 10.0.